The lowest BCUT2D eigenvalue weighted by atomic mass is 10.7. The van der Waals surface area contributed by atoms with E-state index in [1.165, 1.54) is 0 Å². The Kier molecular flexibility index (Phi) is 2.76. The van der Waals surface area contributed by atoms with E-state index < -0.39 is 0 Å². The highest BCUT2D eigenvalue weighted by Crippen LogP contribution is 2.00. The first-order valence-electron chi connectivity index (χ1n) is 2.75. The third-order valence-electron chi connectivity index (χ3n) is 0.995. The van der Waals surface area contributed by atoms with Gasteiger partial charge in [0.1, 0.15) is 0 Å². The molecule has 0 unspecified atom stereocenters. The Morgan fingerprint density at radius 1 is 1.70 bits per heavy atom. The van der Waals surface area contributed by atoms with Crippen molar-refractivity contribution >= 4 is 15.9 Å². The highest BCUT2D eigenvalue weighted by Gasteiger charge is 1.98. The fraction of sp³-hybridized carbons (Fsp3) is 0.750. The molecule has 1 heterocycles. The zero-order valence-corrected chi connectivity index (χ0v) is 7.08. The zero-order valence-electron chi connectivity index (χ0n) is 5.49. The number of hydrogen-bond donors (Lipinski definition) is 0. The van der Waals surface area contributed by atoms with Crippen LogP contribution in [0.5, 0.6) is 0 Å². The van der Waals surface area contributed by atoms with Crippen LogP contribution < -0.4 is 0 Å². The highest BCUT2D eigenvalue weighted by molar-refractivity contribution is 9.10. The average molecular weight is 207 g/mol. The normalized spacial score (nSPS) is 10.2. The van der Waals surface area contributed by atoms with Crippen molar-refractivity contribution in [1.82, 2.24) is 20.2 Å². The largest absolute Gasteiger partial charge is 0.383 e. The van der Waals surface area contributed by atoms with Crippen molar-refractivity contribution in [2.24, 2.45) is 0 Å². The molecule has 0 saturated carbocycles. The molecule has 0 saturated heterocycles. The van der Waals surface area contributed by atoms with Crippen LogP contribution in [0.2, 0.25) is 0 Å². The minimum absolute atomic E-state index is 0.615. The van der Waals surface area contributed by atoms with Crippen LogP contribution in [0, 0.1) is 0 Å². The first kappa shape index (κ1) is 7.62. The van der Waals surface area contributed by atoms with Crippen LogP contribution in [0.4, 0.5) is 0 Å². The van der Waals surface area contributed by atoms with E-state index in [4.69, 9.17) is 4.74 Å². The van der Waals surface area contributed by atoms with Crippen molar-refractivity contribution in [2.45, 2.75) is 6.54 Å². The quantitative estimate of drug-likeness (QED) is 0.704. The van der Waals surface area contributed by atoms with Crippen LogP contribution in [0.1, 0.15) is 0 Å². The van der Waals surface area contributed by atoms with E-state index in [1.54, 1.807) is 11.8 Å². The summed E-state index contributed by atoms with van der Waals surface area (Å²) in [5.74, 6) is 0. The summed E-state index contributed by atoms with van der Waals surface area (Å²) in [4.78, 5) is 0. The summed E-state index contributed by atoms with van der Waals surface area (Å²) < 4.78 is 7.08. The van der Waals surface area contributed by atoms with Crippen LogP contribution in [-0.2, 0) is 11.3 Å². The first-order valence-corrected chi connectivity index (χ1v) is 3.54. The third kappa shape index (κ3) is 1.74. The Morgan fingerprint density at radius 3 is 3.00 bits per heavy atom. The van der Waals surface area contributed by atoms with Gasteiger partial charge in [0.25, 0.3) is 0 Å². The second-order valence-corrected chi connectivity index (χ2v) is 2.37. The van der Waals surface area contributed by atoms with Gasteiger partial charge in [-0.25, -0.2) is 4.68 Å². The van der Waals surface area contributed by atoms with Gasteiger partial charge in [-0.3, -0.25) is 0 Å². The maximum absolute atomic E-state index is 4.83. The molecule has 0 amide bonds. The lowest BCUT2D eigenvalue weighted by molar-refractivity contribution is 0.182. The van der Waals surface area contributed by atoms with Crippen molar-refractivity contribution in [3.8, 4) is 0 Å². The molecule has 0 aliphatic rings. The van der Waals surface area contributed by atoms with Crippen molar-refractivity contribution in [1.29, 1.82) is 0 Å². The number of aromatic nitrogens is 4. The zero-order chi connectivity index (χ0) is 7.40. The number of rotatable bonds is 3. The van der Waals surface area contributed by atoms with Crippen molar-refractivity contribution < 1.29 is 4.74 Å². The van der Waals surface area contributed by atoms with E-state index in [2.05, 4.69) is 31.5 Å². The molecule has 0 radical (unpaired) electrons. The molecule has 0 aromatic carbocycles. The SMILES string of the molecule is COCCn1nnnc1Br. The topological polar surface area (TPSA) is 52.8 Å². The van der Waals surface area contributed by atoms with E-state index in [-0.39, 0.29) is 0 Å². The Balaban J connectivity index is 2.49. The smallest absolute Gasteiger partial charge is 0.218 e. The van der Waals surface area contributed by atoms with Crippen molar-refractivity contribution in [2.75, 3.05) is 13.7 Å². The lowest BCUT2D eigenvalue weighted by Gasteiger charge is -1.97. The standard InChI is InChI=1S/C4H7BrN4O/c1-10-3-2-9-4(5)6-7-8-9/h2-3H2,1H3. The summed E-state index contributed by atoms with van der Waals surface area (Å²) >= 11 is 3.17. The monoisotopic (exact) mass is 206 g/mol. The molecule has 0 bridgehead atoms. The second-order valence-electron chi connectivity index (χ2n) is 1.66. The molecule has 0 fully saturated rings. The molecule has 0 aliphatic carbocycles. The lowest BCUT2D eigenvalue weighted by Crippen LogP contribution is -2.06. The summed E-state index contributed by atoms with van der Waals surface area (Å²) in [5.41, 5.74) is 0. The highest BCUT2D eigenvalue weighted by atomic mass is 79.9. The number of tetrazole rings is 1. The van der Waals surface area contributed by atoms with Crippen molar-refractivity contribution in [3.63, 3.8) is 0 Å². The van der Waals surface area contributed by atoms with Gasteiger partial charge in [0.05, 0.1) is 13.2 Å². The van der Waals surface area contributed by atoms with Crippen LogP contribution in [0.3, 0.4) is 0 Å². The van der Waals surface area contributed by atoms with E-state index in [0.717, 1.165) is 0 Å². The van der Waals surface area contributed by atoms with Crippen molar-refractivity contribution in [3.05, 3.63) is 4.73 Å². The predicted octanol–water partition coefficient (Wildman–Crippen LogP) is 0.0820. The molecular formula is C4H7BrN4O. The van der Waals surface area contributed by atoms with Gasteiger partial charge in [0.2, 0.25) is 4.73 Å². The molecule has 1 aromatic rings. The fourth-order valence-electron chi connectivity index (χ4n) is 0.508. The number of halogens is 1. The average Bonchev–Trinajstić information content (AvgIpc) is 2.31. The molecule has 0 atom stereocenters. The van der Waals surface area contributed by atoms with Gasteiger partial charge in [0, 0.05) is 7.11 Å². The molecule has 6 heteroatoms. The molecule has 10 heavy (non-hydrogen) atoms. The van der Waals surface area contributed by atoms with E-state index >= 15 is 0 Å². The predicted molar refractivity (Wildman–Crippen MR) is 37.4 cm³/mol. The van der Waals surface area contributed by atoms with Crippen LogP contribution >= 0.6 is 15.9 Å². The van der Waals surface area contributed by atoms with E-state index in [9.17, 15) is 0 Å². The minimum atomic E-state index is 0.615. The maximum Gasteiger partial charge on any atom is 0.218 e. The molecule has 56 valence electrons. The van der Waals surface area contributed by atoms with Gasteiger partial charge in [-0.05, 0) is 26.4 Å². The number of hydrogen-bond acceptors (Lipinski definition) is 4. The number of nitrogens with zero attached hydrogens (tertiary/aromatic N) is 4. The molecule has 0 aliphatic heterocycles. The van der Waals surface area contributed by atoms with Gasteiger partial charge < -0.3 is 4.74 Å². The minimum Gasteiger partial charge on any atom is -0.383 e. The van der Waals surface area contributed by atoms with Gasteiger partial charge >= 0.3 is 0 Å². The van der Waals surface area contributed by atoms with Gasteiger partial charge in [-0.1, -0.05) is 0 Å². The summed E-state index contributed by atoms with van der Waals surface area (Å²) in [7, 11) is 1.64. The summed E-state index contributed by atoms with van der Waals surface area (Å²) in [6.07, 6.45) is 0. The summed E-state index contributed by atoms with van der Waals surface area (Å²) in [5, 5.41) is 10.7. The summed E-state index contributed by atoms with van der Waals surface area (Å²) in [6, 6.07) is 0. The molecule has 0 N–H and O–H groups in total. The molecular weight excluding hydrogens is 200 g/mol. The van der Waals surface area contributed by atoms with Gasteiger partial charge in [-0.2, -0.15) is 0 Å². The number of ether oxygens (including phenoxy) is 1. The molecule has 5 nitrogen and oxygen atoms in total. The Hall–Kier alpha value is -0.490. The van der Waals surface area contributed by atoms with Crippen LogP contribution in [0.15, 0.2) is 4.73 Å². The maximum atomic E-state index is 4.83. The summed E-state index contributed by atoms with van der Waals surface area (Å²) in [6.45, 7) is 1.29. The van der Waals surface area contributed by atoms with Crippen LogP contribution in [0.25, 0.3) is 0 Å². The molecule has 1 rings (SSSR count). The molecule has 0 spiro atoms. The number of methoxy groups -OCH3 is 1. The van der Waals surface area contributed by atoms with E-state index in [1.807, 2.05) is 0 Å². The molecule has 1 aromatic heterocycles. The van der Waals surface area contributed by atoms with Crippen LogP contribution in [-0.4, -0.2) is 33.9 Å². The Labute approximate surface area is 66.5 Å². The van der Waals surface area contributed by atoms with E-state index in [0.29, 0.717) is 17.9 Å². The van der Waals surface area contributed by atoms with Gasteiger partial charge in [-0.15, -0.1) is 5.10 Å². The first-order chi connectivity index (χ1) is 4.84. The fourth-order valence-corrected chi connectivity index (χ4v) is 0.828. The second kappa shape index (κ2) is 3.62. The third-order valence-corrected chi connectivity index (χ3v) is 1.56. The Bertz CT molecular complexity index is 201. The Morgan fingerprint density at radius 2 is 2.50 bits per heavy atom. The van der Waals surface area contributed by atoms with Gasteiger partial charge in [0.15, 0.2) is 0 Å².